The van der Waals surface area contributed by atoms with Crippen LogP contribution in [-0.4, -0.2) is 31.3 Å². The van der Waals surface area contributed by atoms with Gasteiger partial charge in [0.1, 0.15) is 17.8 Å². The van der Waals surface area contributed by atoms with Gasteiger partial charge in [-0.15, -0.1) is 0 Å². The van der Waals surface area contributed by atoms with Gasteiger partial charge in [-0.3, -0.25) is 19.1 Å². The summed E-state index contributed by atoms with van der Waals surface area (Å²) < 4.78 is 1.64. The first-order chi connectivity index (χ1) is 12.7. The molecule has 8 nitrogen and oxygen atoms in total. The number of rotatable bonds is 6. The number of amides is 2. The highest BCUT2D eigenvalue weighted by Crippen LogP contribution is 2.11. The molecule has 8 heteroatoms. The van der Waals surface area contributed by atoms with Gasteiger partial charge >= 0.3 is 0 Å². The van der Waals surface area contributed by atoms with Crippen LogP contribution in [0.25, 0.3) is 5.82 Å². The molecule has 0 saturated carbocycles. The first-order valence-corrected chi connectivity index (χ1v) is 8.14. The molecule has 0 unspecified atom stereocenters. The molecule has 0 fully saturated rings. The van der Waals surface area contributed by atoms with Crippen LogP contribution in [0.3, 0.4) is 0 Å². The Morgan fingerprint density at radius 1 is 1.12 bits per heavy atom. The Balaban J connectivity index is 1.63. The van der Waals surface area contributed by atoms with E-state index < -0.39 is 0 Å². The number of carbonyl (C=O) groups is 2. The van der Waals surface area contributed by atoms with Crippen molar-refractivity contribution in [1.29, 1.82) is 0 Å². The Labute approximate surface area is 150 Å². The van der Waals surface area contributed by atoms with Crippen LogP contribution in [0.5, 0.6) is 0 Å². The van der Waals surface area contributed by atoms with Crippen molar-refractivity contribution in [2.24, 2.45) is 0 Å². The molecular formula is C18H18N6O2. The molecule has 0 atom stereocenters. The molecule has 132 valence electrons. The Morgan fingerprint density at radius 2 is 2.00 bits per heavy atom. The summed E-state index contributed by atoms with van der Waals surface area (Å²) in [4.78, 5) is 36.1. The number of aromatic nitrogens is 4. The zero-order valence-electron chi connectivity index (χ0n) is 14.2. The second-order valence-electron chi connectivity index (χ2n) is 5.48. The molecule has 3 aromatic heterocycles. The van der Waals surface area contributed by atoms with Crippen LogP contribution in [0, 0.1) is 0 Å². The van der Waals surface area contributed by atoms with E-state index in [4.69, 9.17) is 0 Å². The van der Waals surface area contributed by atoms with Crippen molar-refractivity contribution >= 4 is 17.5 Å². The fourth-order valence-electron chi connectivity index (χ4n) is 2.19. The van der Waals surface area contributed by atoms with Crippen LogP contribution < -0.4 is 10.6 Å². The number of carbonyl (C=O) groups excluding carboxylic acids is 2. The summed E-state index contributed by atoms with van der Waals surface area (Å²) in [6, 6.07) is 9.00. The first-order valence-electron chi connectivity index (χ1n) is 8.14. The van der Waals surface area contributed by atoms with E-state index in [9.17, 15) is 9.59 Å². The highest BCUT2D eigenvalue weighted by Gasteiger charge is 2.10. The summed E-state index contributed by atoms with van der Waals surface area (Å²) in [5.74, 6) is 0.228. The topological polar surface area (TPSA) is 102 Å². The van der Waals surface area contributed by atoms with Crippen LogP contribution >= 0.6 is 0 Å². The van der Waals surface area contributed by atoms with Crippen molar-refractivity contribution in [3.05, 3.63) is 66.6 Å². The van der Waals surface area contributed by atoms with Crippen LogP contribution in [0.15, 0.2) is 55.2 Å². The molecule has 3 aromatic rings. The van der Waals surface area contributed by atoms with Gasteiger partial charge in [0.05, 0.1) is 24.1 Å². The van der Waals surface area contributed by atoms with E-state index in [-0.39, 0.29) is 17.5 Å². The second kappa shape index (κ2) is 8.02. The minimum Gasteiger partial charge on any atom is -0.345 e. The number of nitrogens with one attached hydrogen (secondary N) is 2. The van der Waals surface area contributed by atoms with Gasteiger partial charge in [-0.1, -0.05) is 13.0 Å². The maximum atomic E-state index is 12.2. The molecule has 0 aromatic carbocycles. The summed E-state index contributed by atoms with van der Waals surface area (Å²) in [6.45, 7) is 2.11. The maximum absolute atomic E-state index is 12.2. The van der Waals surface area contributed by atoms with Crippen LogP contribution in [0.4, 0.5) is 5.69 Å². The van der Waals surface area contributed by atoms with Gasteiger partial charge in [0.25, 0.3) is 5.91 Å². The molecule has 0 bridgehead atoms. The van der Waals surface area contributed by atoms with Gasteiger partial charge in [0, 0.05) is 18.8 Å². The van der Waals surface area contributed by atoms with Crippen molar-refractivity contribution in [2.75, 3.05) is 5.32 Å². The molecule has 0 radical (unpaired) electrons. The first kappa shape index (κ1) is 17.3. The fourth-order valence-corrected chi connectivity index (χ4v) is 2.19. The van der Waals surface area contributed by atoms with E-state index >= 15 is 0 Å². The number of nitrogens with zero attached hydrogens (tertiary/aromatic N) is 4. The average Bonchev–Trinajstić information content (AvgIpc) is 3.17. The highest BCUT2D eigenvalue weighted by molar-refractivity contribution is 5.92. The number of anilines is 1. The molecule has 3 heterocycles. The predicted octanol–water partition coefficient (Wildman–Crippen LogP) is 1.94. The van der Waals surface area contributed by atoms with E-state index in [0.717, 1.165) is 5.69 Å². The molecule has 0 saturated heterocycles. The van der Waals surface area contributed by atoms with Gasteiger partial charge < -0.3 is 10.6 Å². The summed E-state index contributed by atoms with van der Waals surface area (Å²) in [6.07, 6.45) is 6.75. The molecule has 3 rings (SSSR count). The smallest absolute Gasteiger partial charge is 0.271 e. The zero-order chi connectivity index (χ0) is 18.4. The van der Waals surface area contributed by atoms with Crippen LogP contribution in [0.2, 0.25) is 0 Å². The highest BCUT2D eigenvalue weighted by atomic mass is 16.2. The van der Waals surface area contributed by atoms with Gasteiger partial charge in [-0.25, -0.2) is 9.97 Å². The Morgan fingerprint density at radius 3 is 2.69 bits per heavy atom. The lowest BCUT2D eigenvalue weighted by Gasteiger charge is -2.05. The summed E-state index contributed by atoms with van der Waals surface area (Å²) in [7, 11) is 0. The Kier molecular flexibility index (Phi) is 5.33. The van der Waals surface area contributed by atoms with Gasteiger partial charge in [0.15, 0.2) is 0 Å². The lowest BCUT2D eigenvalue weighted by atomic mass is 10.3. The third-order valence-electron chi connectivity index (χ3n) is 3.59. The minimum absolute atomic E-state index is 0.0750. The number of hydrogen-bond acceptors (Lipinski definition) is 5. The fraction of sp³-hybridized carbons (Fsp3) is 0.167. The normalized spacial score (nSPS) is 10.3. The van der Waals surface area contributed by atoms with Gasteiger partial charge in [-0.05, 0) is 24.3 Å². The SMILES string of the molecule is CCC(=O)Nc1ccc(-n2cnc(C(=O)NCc3ccccn3)c2)nc1. The van der Waals surface area contributed by atoms with E-state index in [1.165, 1.54) is 6.33 Å². The molecule has 0 aliphatic carbocycles. The van der Waals surface area contributed by atoms with E-state index in [1.807, 2.05) is 18.2 Å². The number of pyridine rings is 2. The quantitative estimate of drug-likeness (QED) is 0.707. The van der Waals surface area contributed by atoms with Crippen molar-refractivity contribution < 1.29 is 9.59 Å². The lowest BCUT2D eigenvalue weighted by molar-refractivity contribution is -0.115. The number of imidazole rings is 1. The summed E-state index contributed by atoms with van der Waals surface area (Å²) in [5, 5.41) is 5.50. The van der Waals surface area contributed by atoms with Crippen molar-refractivity contribution in [2.45, 2.75) is 19.9 Å². The average molecular weight is 350 g/mol. The van der Waals surface area contributed by atoms with E-state index in [2.05, 4.69) is 25.6 Å². The molecule has 0 aliphatic rings. The van der Waals surface area contributed by atoms with Crippen molar-refractivity contribution in [3.8, 4) is 5.82 Å². The van der Waals surface area contributed by atoms with Crippen molar-refractivity contribution in [1.82, 2.24) is 24.8 Å². The summed E-state index contributed by atoms with van der Waals surface area (Å²) >= 11 is 0. The zero-order valence-corrected chi connectivity index (χ0v) is 14.2. The van der Waals surface area contributed by atoms with Gasteiger partial charge in [0.2, 0.25) is 5.91 Å². The van der Waals surface area contributed by atoms with Gasteiger partial charge in [-0.2, -0.15) is 0 Å². The molecule has 26 heavy (non-hydrogen) atoms. The lowest BCUT2D eigenvalue weighted by Crippen LogP contribution is -2.23. The largest absolute Gasteiger partial charge is 0.345 e. The molecular weight excluding hydrogens is 332 g/mol. The summed E-state index contributed by atoms with van der Waals surface area (Å²) in [5.41, 5.74) is 1.67. The molecule has 2 amide bonds. The van der Waals surface area contributed by atoms with Crippen LogP contribution in [0.1, 0.15) is 29.5 Å². The standard InChI is InChI=1S/C18H18N6O2/c1-2-17(25)23-14-6-7-16(20-10-14)24-11-15(22-12-24)18(26)21-9-13-5-3-4-8-19-13/h3-8,10-12H,2,9H2,1H3,(H,21,26)(H,23,25). The molecule has 0 spiro atoms. The van der Waals surface area contributed by atoms with Crippen LogP contribution in [-0.2, 0) is 11.3 Å². The maximum Gasteiger partial charge on any atom is 0.271 e. The number of hydrogen-bond donors (Lipinski definition) is 2. The Bertz CT molecular complexity index is 890. The van der Waals surface area contributed by atoms with E-state index in [0.29, 0.717) is 24.5 Å². The minimum atomic E-state index is -0.291. The molecule has 2 N–H and O–H groups in total. The van der Waals surface area contributed by atoms with E-state index in [1.54, 1.807) is 42.2 Å². The third kappa shape index (κ3) is 4.29. The predicted molar refractivity (Wildman–Crippen MR) is 95.7 cm³/mol. The second-order valence-corrected chi connectivity index (χ2v) is 5.48. The monoisotopic (exact) mass is 350 g/mol. The Hall–Kier alpha value is -3.55. The third-order valence-corrected chi connectivity index (χ3v) is 3.59. The van der Waals surface area contributed by atoms with Crippen molar-refractivity contribution in [3.63, 3.8) is 0 Å². The molecule has 0 aliphatic heterocycles.